The van der Waals surface area contributed by atoms with Gasteiger partial charge in [-0.3, -0.25) is 4.68 Å². The SMILES string of the molecule is CCn1nc(C(=O)O)cc1-c1ccc(C)cc1OC. The maximum Gasteiger partial charge on any atom is 0.356 e. The largest absolute Gasteiger partial charge is 0.496 e. The molecule has 1 N–H and O–H groups in total. The van der Waals surface area contributed by atoms with Crippen LogP contribution in [0, 0.1) is 6.92 Å². The third-order valence-electron chi connectivity index (χ3n) is 2.93. The smallest absolute Gasteiger partial charge is 0.356 e. The number of benzene rings is 1. The van der Waals surface area contributed by atoms with Crippen molar-refractivity contribution in [1.82, 2.24) is 9.78 Å². The van der Waals surface area contributed by atoms with Gasteiger partial charge in [-0.25, -0.2) is 4.79 Å². The third-order valence-corrected chi connectivity index (χ3v) is 2.93. The van der Waals surface area contributed by atoms with Crippen LogP contribution in [0.25, 0.3) is 11.3 Å². The Bertz CT molecular complexity index is 617. The van der Waals surface area contributed by atoms with Gasteiger partial charge in [-0.05, 0) is 37.6 Å². The van der Waals surface area contributed by atoms with Crippen LogP contribution in [-0.4, -0.2) is 28.0 Å². The molecular formula is C14H16N2O3. The second-order valence-electron chi connectivity index (χ2n) is 4.24. The molecule has 100 valence electrons. The molecule has 0 radical (unpaired) electrons. The van der Waals surface area contributed by atoms with Gasteiger partial charge in [-0.2, -0.15) is 5.10 Å². The highest BCUT2D eigenvalue weighted by Gasteiger charge is 2.16. The van der Waals surface area contributed by atoms with Gasteiger partial charge >= 0.3 is 5.97 Å². The molecule has 0 aliphatic carbocycles. The number of aryl methyl sites for hydroxylation is 2. The van der Waals surface area contributed by atoms with E-state index in [1.807, 2.05) is 32.0 Å². The first-order valence-corrected chi connectivity index (χ1v) is 6.03. The fourth-order valence-electron chi connectivity index (χ4n) is 1.99. The van der Waals surface area contributed by atoms with Crippen LogP contribution < -0.4 is 4.74 Å². The van der Waals surface area contributed by atoms with Crippen molar-refractivity contribution in [3.8, 4) is 17.0 Å². The third kappa shape index (κ3) is 2.45. The number of methoxy groups -OCH3 is 1. The number of nitrogens with zero attached hydrogens (tertiary/aromatic N) is 2. The van der Waals surface area contributed by atoms with Gasteiger partial charge in [0.05, 0.1) is 12.8 Å². The van der Waals surface area contributed by atoms with Gasteiger partial charge in [-0.15, -0.1) is 0 Å². The summed E-state index contributed by atoms with van der Waals surface area (Å²) in [6.45, 7) is 4.49. The lowest BCUT2D eigenvalue weighted by molar-refractivity contribution is 0.0689. The molecule has 0 atom stereocenters. The summed E-state index contributed by atoms with van der Waals surface area (Å²) in [5.74, 6) is -0.314. The molecule has 19 heavy (non-hydrogen) atoms. The minimum absolute atomic E-state index is 0.0412. The topological polar surface area (TPSA) is 64.4 Å². The first-order valence-electron chi connectivity index (χ1n) is 6.03. The summed E-state index contributed by atoms with van der Waals surface area (Å²) in [7, 11) is 1.60. The average Bonchev–Trinajstić information content (AvgIpc) is 2.82. The fourth-order valence-corrected chi connectivity index (χ4v) is 1.99. The minimum Gasteiger partial charge on any atom is -0.496 e. The molecular weight excluding hydrogens is 244 g/mol. The van der Waals surface area contributed by atoms with Gasteiger partial charge < -0.3 is 9.84 Å². The number of aromatic nitrogens is 2. The molecule has 0 saturated carbocycles. The van der Waals surface area contributed by atoms with Crippen molar-refractivity contribution in [2.45, 2.75) is 20.4 Å². The number of ether oxygens (including phenoxy) is 1. The van der Waals surface area contributed by atoms with Gasteiger partial charge in [0.2, 0.25) is 0 Å². The van der Waals surface area contributed by atoms with Crippen LogP contribution in [0.4, 0.5) is 0 Å². The zero-order valence-corrected chi connectivity index (χ0v) is 11.2. The highest BCUT2D eigenvalue weighted by atomic mass is 16.5. The predicted octanol–water partition coefficient (Wildman–Crippen LogP) is 2.59. The maximum absolute atomic E-state index is 11.0. The summed E-state index contributed by atoms with van der Waals surface area (Å²) in [5.41, 5.74) is 2.72. The second kappa shape index (κ2) is 5.14. The maximum atomic E-state index is 11.0. The Hall–Kier alpha value is -2.30. The van der Waals surface area contributed by atoms with E-state index < -0.39 is 5.97 Å². The van der Waals surface area contributed by atoms with Crippen LogP contribution in [0.5, 0.6) is 5.75 Å². The van der Waals surface area contributed by atoms with Crippen molar-refractivity contribution in [3.63, 3.8) is 0 Å². The average molecular weight is 260 g/mol. The van der Waals surface area contributed by atoms with E-state index in [1.165, 1.54) is 0 Å². The number of hydrogen-bond acceptors (Lipinski definition) is 3. The van der Waals surface area contributed by atoms with Crippen LogP contribution in [0.15, 0.2) is 24.3 Å². The monoisotopic (exact) mass is 260 g/mol. The van der Waals surface area contributed by atoms with E-state index in [9.17, 15) is 4.79 Å². The van der Waals surface area contributed by atoms with Crippen molar-refractivity contribution in [1.29, 1.82) is 0 Å². The molecule has 0 unspecified atom stereocenters. The normalized spacial score (nSPS) is 10.5. The number of carboxylic acid groups (broad SMARTS) is 1. The van der Waals surface area contributed by atoms with E-state index in [0.717, 1.165) is 16.8 Å². The summed E-state index contributed by atoms with van der Waals surface area (Å²) in [4.78, 5) is 11.0. The van der Waals surface area contributed by atoms with Gasteiger partial charge in [-0.1, -0.05) is 6.07 Å². The lowest BCUT2D eigenvalue weighted by atomic mass is 10.1. The van der Waals surface area contributed by atoms with Crippen molar-refractivity contribution < 1.29 is 14.6 Å². The van der Waals surface area contributed by atoms with Crippen molar-refractivity contribution in [3.05, 3.63) is 35.5 Å². The molecule has 0 fully saturated rings. The molecule has 1 heterocycles. The lowest BCUT2D eigenvalue weighted by Crippen LogP contribution is -2.02. The van der Waals surface area contributed by atoms with Crippen molar-refractivity contribution in [2.75, 3.05) is 7.11 Å². The summed E-state index contributed by atoms with van der Waals surface area (Å²) in [6.07, 6.45) is 0. The highest BCUT2D eigenvalue weighted by Crippen LogP contribution is 2.31. The number of carbonyl (C=O) groups is 1. The molecule has 2 rings (SSSR count). The molecule has 1 aromatic heterocycles. The second-order valence-corrected chi connectivity index (χ2v) is 4.24. The Morgan fingerprint density at radius 1 is 1.42 bits per heavy atom. The minimum atomic E-state index is -1.03. The van der Waals surface area contributed by atoms with Crippen molar-refractivity contribution >= 4 is 5.97 Å². The lowest BCUT2D eigenvalue weighted by Gasteiger charge is -2.10. The van der Waals surface area contributed by atoms with E-state index in [2.05, 4.69) is 5.10 Å². The summed E-state index contributed by atoms with van der Waals surface area (Å²) >= 11 is 0. The molecule has 0 saturated heterocycles. The zero-order chi connectivity index (χ0) is 14.0. The molecule has 2 aromatic rings. The molecule has 0 aliphatic rings. The molecule has 5 heteroatoms. The van der Waals surface area contributed by atoms with E-state index in [4.69, 9.17) is 9.84 Å². The number of aromatic carboxylic acids is 1. The van der Waals surface area contributed by atoms with Crippen LogP contribution in [-0.2, 0) is 6.54 Å². The quantitative estimate of drug-likeness (QED) is 0.917. The zero-order valence-electron chi connectivity index (χ0n) is 11.2. The Morgan fingerprint density at radius 2 is 2.16 bits per heavy atom. The summed E-state index contributed by atoms with van der Waals surface area (Å²) in [6, 6.07) is 7.37. The first-order chi connectivity index (χ1) is 9.06. The summed E-state index contributed by atoms with van der Waals surface area (Å²) < 4.78 is 7.02. The molecule has 0 bridgehead atoms. The van der Waals surface area contributed by atoms with Crippen LogP contribution in [0.1, 0.15) is 23.0 Å². The molecule has 0 aliphatic heterocycles. The van der Waals surface area contributed by atoms with Crippen molar-refractivity contribution in [2.24, 2.45) is 0 Å². The van der Waals surface area contributed by atoms with E-state index in [1.54, 1.807) is 17.9 Å². The predicted molar refractivity (Wildman–Crippen MR) is 71.6 cm³/mol. The van der Waals surface area contributed by atoms with Crippen LogP contribution >= 0.6 is 0 Å². The Balaban J connectivity index is 2.60. The fraction of sp³-hybridized carbons (Fsp3) is 0.286. The number of rotatable bonds is 4. The highest BCUT2D eigenvalue weighted by molar-refractivity contribution is 5.87. The molecule has 1 aromatic carbocycles. The number of hydrogen-bond donors (Lipinski definition) is 1. The van der Waals surface area contributed by atoms with E-state index in [0.29, 0.717) is 12.3 Å². The van der Waals surface area contributed by atoms with Gasteiger partial charge in [0, 0.05) is 12.1 Å². The van der Waals surface area contributed by atoms with Crippen LogP contribution in [0.3, 0.4) is 0 Å². The number of carboxylic acids is 1. The van der Waals surface area contributed by atoms with Gasteiger partial charge in [0.25, 0.3) is 0 Å². The molecule has 5 nitrogen and oxygen atoms in total. The molecule has 0 spiro atoms. The molecule has 0 amide bonds. The van der Waals surface area contributed by atoms with Crippen LogP contribution in [0.2, 0.25) is 0 Å². The van der Waals surface area contributed by atoms with Gasteiger partial charge in [0.1, 0.15) is 5.75 Å². The first kappa shape index (κ1) is 13.1. The van der Waals surface area contributed by atoms with E-state index >= 15 is 0 Å². The van der Waals surface area contributed by atoms with Gasteiger partial charge in [0.15, 0.2) is 5.69 Å². The van der Waals surface area contributed by atoms with E-state index in [-0.39, 0.29) is 5.69 Å². The Kier molecular flexibility index (Phi) is 3.55. The Labute approximate surface area is 111 Å². The summed E-state index contributed by atoms with van der Waals surface area (Å²) in [5, 5.41) is 13.1. The Morgan fingerprint density at radius 3 is 2.74 bits per heavy atom. The standard InChI is InChI=1S/C14H16N2O3/c1-4-16-12(8-11(15-16)14(17)18)10-6-5-9(2)7-13(10)19-3/h5-8H,4H2,1-3H3,(H,17,18).